The number of pyridine rings is 1. The molecule has 0 aliphatic carbocycles. The van der Waals surface area contributed by atoms with Crippen LogP contribution < -0.4 is 10.6 Å². The number of amides is 2. The summed E-state index contributed by atoms with van der Waals surface area (Å²) in [5.41, 5.74) is 2.40. The van der Waals surface area contributed by atoms with Gasteiger partial charge in [-0.05, 0) is 60.5 Å². The average molecular weight is 543 g/mol. The lowest BCUT2D eigenvalue weighted by atomic mass is 10.0. The summed E-state index contributed by atoms with van der Waals surface area (Å²) in [6.45, 7) is 7.30. The molecule has 2 aromatic heterocycles. The van der Waals surface area contributed by atoms with Crippen LogP contribution in [0.3, 0.4) is 0 Å². The third-order valence-corrected chi connectivity index (χ3v) is 5.65. The summed E-state index contributed by atoms with van der Waals surface area (Å²) >= 11 is 9.89. The van der Waals surface area contributed by atoms with E-state index in [0.717, 1.165) is 5.56 Å². The molecule has 8 nitrogen and oxygen atoms in total. The first-order chi connectivity index (χ1) is 16.2. The van der Waals surface area contributed by atoms with E-state index in [9.17, 15) is 14.9 Å². The van der Waals surface area contributed by atoms with Gasteiger partial charge in [0.1, 0.15) is 16.7 Å². The minimum atomic E-state index is -0.519. The summed E-state index contributed by atoms with van der Waals surface area (Å²) in [5, 5.41) is 19.7. The number of rotatable bonds is 7. The topological polar surface area (TPSA) is 113 Å². The Morgan fingerprint density at radius 3 is 2.68 bits per heavy atom. The molecule has 174 valence electrons. The average Bonchev–Trinajstić information content (AvgIpc) is 3.17. The van der Waals surface area contributed by atoms with Crippen molar-refractivity contribution >= 4 is 45.0 Å². The van der Waals surface area contributed by atoms with Crippen molar-refractivity contribution in [3.63, 3.8) is 0 Å². The summed E-state index contributed by atoms with van der Waals surface area (Å²) in [6, 6.07) is 8.34. The second-order valence-corrected chi connectivity index (χ2v) is 9.08. The van der Waals surface area contributed by atoms with Gasteiger partial charge in [0.15, 0.2) is 5.82 Å². The van der Waals surface area contributed by atoms with Crippen molar-refractivity contribution in [2.75, 3.05) is 5.32 Å². The van der Waals surface area contributed by atoms with Crippen molar-refractivity contribution in [2.45, 2.75) is 40.2 Å². The van der Waals surface area contributed by atoms with Gasteiger partial charge in [-0.2, -0.15) is 10.4 Å². The molecule has 0 aliphatic heterocycles. The number of nitrogens with one attached hydrogen (secondary N) is 2. The molecule has 0 saturated heterocycles. The van der Waals surface area contributed by atoms with E-state index in [1.807, 2.05) is 39.3 Å². The lowest BCUT2D eigenvalue weighted by Crippen LogP contribution is -2.31. The van der Waals surface area contributed by atoms with Gasteiger partial charge < -0.3 is 10.6 Å². The predicted molar refractivity (Wildman–Crippen MR) is 134 cm³/mol. The molecule has 34 heavy (non-hydrogen) atoms. The first-order valence-electron chi connectivity index (χ1n) is 10.5. The number of nitriles is 1. The second-order valence-electron chi connectivity index (χ2n) is 7.89. The van der Waals surface area contributed by atoms with E-state index >= 15 is 0 Å². The van der Waals surface area contributed by atoms with Crippen LogP contribution in [-0.4, -0.2) is 32.6 Å². The van der Waals surface area contributed by atoms with E-state index < -0.39 is 11.8 Å². The molecule has 0 spiro atoms. The lowest BCUT2D eigenvalue weighted by Gasteiger charge is -2.16. The van der Waals surface area contributed by atoms with Gasteiger partial charge >= 0.3 is 0 Å². The van der Waals surface area contributed by atoms with Crippen molar-refractivity contribution < 1.29 is 9.59 Å². The lowest BCUT2D eigenvalue weighted by molar-refractivity contribution is 0.0944. The molecule has 0 unspecified atom stereocenters. The number of aromatic nitrogens is 3. The fourth-order valence-corrected chi connectivity index (χ4v) is 4.03. The van der Waals surface area contributed by atoms with Gasteiger partial charge in [-0.1, -0.05) is 11.6 Å². The van der Waals surface area contributed by atoms with Gasteiger partial charge in [-0.25, -0.2) is 9.67 Å². The Morgan fingerprint density at radius 2 is 2.03 bits per heavy atom. The quantitative estimate of drug-likeness (QED) is 0.407. The summed E-state index contributed by atoms with van der Waals surface area (Å²) in [6.07, 6.45) is 4.21. The van der Waals surface area contributed by atoms with Crippen LogP contribution in [0.15, 0.2) is 35.1 Å². The highest BCUT2D eigenvalue weighted by Gasteiger charge is 2.23. The van der Waals surface area contributed by atoms with E-state index in [-0.39, 0.29) is 17.3 Å². The van der Waals surface area contributed by atoms with Crippen molar-refractivity contribution in [3.05, 3.63) is 74.5 Å². The first-order valence-corrected chi connectivity index (χ1v) is 11.7. The number of hydrogen-bond acceptors (Lipinski definition) is 5. The minimum absolute atomic E-state index is 0.125. The first kappa shape index (κ1) is 25.3. The molecule has 2 N–H and O–H groups in total. The minimum Gasteiger partial charge on any atom is -0.350 e. The fraction of sp³-hybridized carbons (Fsp3) is 0.250. The Balaban J connectivity index is 2.06. The number of anilines is 1. The van der Waals surface area contributed by atoms with Crippen LogP contribution in [0.4, 0.5) is 5.69 Å². The third kappa shape index (κ3) is 5.41. The van der Waals surface area contributed by atoms with Gasteiger partial charge in [0.2, 0.25) is 0 Å². The van der Waals surface area contributed by atoms with Gasteiger partial charge in [-0.3, -0.25) is 9.59 Å². The van der Waals surface area contributed by atoms with E-state index in [4.69, 9.17) is 11.6 Å². The highest BCUT2D eigenvalue weighted by molar-refractivity contribution is 9.10. The van der Waals surface area contributed by atoms with E-state index in [2.05, 4.69) is 36.6 Å². The molecule has 10 heteroatoms. The molecule has 3 rings (SSSR count). The number of carbonyl (C=O) groups excluding carboxylic acids is 2. The number of hydrogen-bond donors (Lipinski definition) is 2. The molecule has 0 saturated carbocycles. The van der Waals surface area contributed by atoms with Gasteiger partial charge in [0, 0.05) is 23.9 Å². The maximum absolute atomic E-state index is 13.4. The Hall–Kier alpha value is -3.35. The Kier molecular flexibility index (Phi) is 7.97. The molecule has 0 bridgehead atoms. The zero-order chi connectivity index (χ0) is 25.0. The number of benzene rings is 1. The molecule has 0 fully saturated rings. The van der Waals surface area contributed by atoms with Crippen LogP contribution in [0.1, 0.15) is 58.3 Å². The van der Waals surface area contributed by atoms with Crippen molar-refractivity contribution in [2.24, 2.45) is 0 Å². The van der Waals surface area contributed by atoms with Crippen LogP contribution in [-0.2, 0) is 6.42 Å². The Labute approximate surface area is 211 Å². The molecule has 0 aliphatic rings. The molecular weight excluding hydrogens is 520 g/mol. The smallest absolute Gasteiger partial charge is 0.274 e. The third-order valence-electron chi connectivity index (χ3n) is 4.86. The standard InChI is InChI=1S/C24H22BrClN6O2/c1-5-6-16-7-8-28-22(20(16)26)32-18(11-19(25)31-32)24(34)30-21-14(4)9-15(12-27)10-17(21)23(33)29-13(2)3/h5,7-11,13H,6H2,1-4H3,(H-,29,30,33,34)/p+1. The van der Waals surface area contributed by atoms with Crippen LogP contribution in [0.5, 0.6) is 0 Å². The van der Waals surface area contributed by atoms with Crippen LogP contribution >= 0.6 is 27.5 Å². The SMILES string of the molecule is C[CH+]Cc1ccnc(-n2nc(Br)cc2C(=O)Nc2c(C)cc(C#N)cc2C(=O)NC(C)C)c1Cl. The van der Waals surface area contributed by atoms with E-state index in [1.54, 1.807) is 25.3 Å². The fourth-order valence-electron chi connectivity index (χ4n) is 3.39. The monoisotopic (exact) mass is 541 g/mol. The summed E-state index contributed by atoms with van der Waals surface area (Å²) in [7, 11) is 0. The van der Waals surface area contributed by atoms with E-state index in [1.165, 1.54) is 10.7 Å². The molecule has 1 aromatic carbocycles. The summed E-state index contributed by atoms with van der Waals surface area (Å²) in [4.78, 5) is 30.5. The van der Waals surface area contributed by atoms with Crippen LogP contribution in [0.25, 0.3) is 5.82 Å². The molecule has 2 heterocycles. The summed E-state index contributed by atoms with van der Waals surface area (Å²) < 4.78 is 1.77. The number of carbonyl (C=O) groups is 2. The van der Waals surface area contributed by atoms with Crippen molar-refractivity contribution in [1.29, 1.82) is 5.26 Å². The molecular formula is C24H23BrClN6O2+. The zero-order valence-corrected chi connectivity index (χ0v) is 21.5. The van der Waals surface area contributed by atoms with Crippen molar-refractivity contribution in [1.82, 2.24) is 20.1 Å². The molecule has 0 atom stereocenters. The van der Waals surface area contributed by atoms with Gasteiger partial charge in [-0.15, -0.1) is 0 Å². The maximum atomic E-state index is 13.4. The predicted octanol–water partition coefficient (Wildman–Crippen LogP) is 5.02. The van der Waals surface area contributed by atoms with E-state index in [0.29, 0.717) is 38.7 Å². The summed E-state index contributed by atoms with van der Waals surface area (Å²) in [5.74, 6) is -0.602. The zero-order valence-electron chi connectivity index (χ0n) is 19.1. The number of nitrogens with zero attached hydrogens (tertiary/aromatic N) is 4. The highest BCUT2D eigenvalue weighted by Crippen LogP contribution is 2.28. The van der Waals surface area contributed by atoms with Crippen molar-refractivity contribution in [3.8, 4) is 11.9 Å². The van der Waals surface area contributed by atoms with Crippen LogP contribution in [0.2, 0.25) is 5.02 Å². The normalized spacial score (nSPS) is 10.6. The Morgan fingerprint density at radius 1 is 1.29 bits per heavy atom. The van der Waals surface area contributed by atoms with Crippen LogP contribution in [0, 0.1) is 24.7 Å². The molecule has 2 amide bonds. The molecule has 3 aromatic rings. The second kappa shape index (κ2) is 10.7. The van der Waals surface area contributed by atoms with Gasteiger partial charge in [0.25, 0.3) is 11.8 Å². The Bertz CT molecular complexity index is 1300. The van der Waals surface area contributed by atoms with Gasteiger partial charge in [0.05, 0.1) is 41.3 Å². The largest absolute Gasteiger partial charge is 0.350 e. The number of aryl methyl sites for hydroxylation is 1. The highest BCUT2D eigenvalue weighted by atomic mass is 79.9. The maximum Gasteiger partial charge on any atom is 0.274 e. The number of halogens is 2. The molecule has 0 radical (unpaired) electrons.